The summed E-state index contributed by atoms with van der Waals surface area (Å²) < 4.78 is 27.0. The molecule has 0 aliphatic heterocycles. The molecule has 0 fully saturated rings. The summed E-state index contributed by atoms with van der Waals surface area (Å²) in [7, 11) is 0. The molecular formula is C20H25ClK2N6O8Se. The first kappa shape index (κ1) is 44.6. The van der Waals surface area contributed by atoms with Crippen LogP contribution in [0.5, 0.6) is 11.8 Å². The fourth-order valence-electron chi connectivity index (χ4n) is 1.61. The second-order valence-electron chi connectivity index (χ2n) is 5.55. The maximum Gasteiger partial charge on any atom is 1.00 e. The summed E-state index contributed by atoms with van der Waals surface area (Å²) in [5.41, 5.74) is 2.10. The molecule has 0 saturated carbocycles. The Kier molecular flexibility index (Phi) is 38.6. The van der Waals surface area contributed by atoms with Gasteiger partial charge >= 0.3 is 125 Å². The number of hydrogen-bond donors (Lipinski definition) is 0. The Bertz CT molecular complexity index is 990. The van der Waals surface area contributed by atoms with Gasteiger partial charge in [-0.1, -0.05) is 11.6 Å². The van der Waals surface area contributed by atoms with Gasteiger partial charge in [0.2, 0.25) is 11.8 Å². The van der Waals surface area contributed by atoms with Gasteiger partial charge in [0.15, 0.2) is 11.4 Å². The van der Waals surface area contributed by atoms with Gasteiger partial charge in [0.25, 0.3) is 6.47 Å². The van der Waals surface area contributed by atoms with Crippen molar-refractivity contribution in [1.29, 1.82) is 0 Å². The van der Waals surface area contributed by atoms with Crippen molar-refractivity contribution < 1.29 is 141 Å². The number of halogens is 1. The number of aromatic nitrogens is 6. The van der Waals surface area contributed by atoms with Crippen molar-refractivity contribution in [3.8, 4) is 11.8 Å². The number of rotatable bonds is 6. The number of ether oxygens (including phenoxy) is 2. The third kappa shape index (κ3) is 28.6. The normalized spacial score (nSPS) is 7.95. The standard InChI is InChI=1S/C7H8N2O2.C7H10N2O.C5H5ClN2.CH2O3.2K.O2Se.H/c1-2-11-7-4-3-6(5-10)8-9-7;1-3-10-7-5-4-6(2)8-9-7;1-4-2-3-5(6)8-7-4;2-1-4-3;;;1-3-2;/h3-5H,2H2,1H3;4-5H,3H2,1-2H3;2-3H,1H3;1,3H;;;;/q;;;;2*+1;;-1/p-1. The van der Waals surface area contributed by atoms with E-state index >= 15 is 0 Å². The fourth-order valence-corrected chi connectivity index (χ4v) is 1.71. The Balaban J connectivity index is -0.000000129. The topological polar surface area (TPSA) is 196 Å². The first-order valence-corrected chi connectivity index (χ1v) is 11.5. The van der Waals surface area contributed by atoms with Crippen LogP contribution in [0.4, 0.5) is 0 Å². The molecule has 3 rings (SSSR count). The van der Waals surface area contributed by atoms with Crippen LogP contribution < -0.4 is 118 Å². The monoisotopic (exact) mass is 670 g/mol. The number of nitrogens with zero attached hydrogens (tertiary/aromatic N) is 6. The summed E-state index contributed by atoms with van der Waals surface area (Å²) >= 11 is 3.81. The van der Waals surface area contributed by atoms with Crippen LogP contribution in [0.1, 0.15) is 37.2 Å². The van der Waals surface area contributed by atoms with Crippen LogP contribution in [-0.2, 0) is 17.4 Å². The Morgan fingerprint density at radius 2 is 1.24 bits per heavy atom. The molecule has 198 valence electrons. The smallest absolute Gasteiger partial charge is 1.00 e. The van der Waals surface area contributed by atoms with Gasteiger partial charge in [0.1, 0.15) is 5.69 Å². The Morgan fingerprint density at radius 1 is 0.816 bits per heavy atom. The molecule has 0 bridgehead atoms. The molecule has 0 aliphatic carbocycles. The van der Waals surface area contributed by atoms with Gasteiger partial charge in [-0.25, -0.2) is 0 Å². The van der Waals surface area contributed by atoms with E-state index in [-0.39, 0.29) is 111 Å². The van der Waals surface area contributed by atoms with E-state index in [1.807, 2.05) is 45.9 Å². The number of carbonyl (C=O) groups is 2. The van der Waals surface area contributed by atoms with E-state index in [0.29, 0.717) is 42.1 Å². The van der Waals surface area contributed by atoms with Crippen molar-refractivity contribution in [3.63, 3.8) is 0 Å². The first-order valence-electron chi connectivity index (χ1n) is 9.76. The summed E-state index contributed by atoms with van der Waals surface area (Å²) in [6.07, 6.45) is 0.642. The first-order chi connectivity index (χ1) is 17.3. The predicted molar refractivity (Wildman–Crippen MR) is 124 cm³/mol. The van der Waals surface area contributed by atoms with Gasteiger partial charge < -0.3 is 21.0 Å². The molecule has 0 amide bonds. The third-order valence-corrected chi connectivity index (χ3v) is 3.15. The molecule has 0 aromatic carbocycles. The van der Waals surface area contributed by atoms with Crippen LogP contribution in [0.15, 0.2) is 36.4 Å². The Morgan fingerprint density at radius 3 is 1.50 bits per heavy atom. The maximum absolute atomic E-state index is 10.1. The number of aryl methyl sites for hydroxylation is 2. The molecule has 0 unspecified atom stereocenters. The van der Waals surface area contributed by atoms with Gasteiger partial charge in [-0.15, -0.1) is 20.4 Å². The molecule has 0 radical (unpaired) electrons. The van der Waals surface area contributed by atoms with Crippen molar-refractivity contribution in [3.05, 3.63) is 58.6 Å². The summed E-state index contributed by atoms with van der Waals surface area (Å²) in [4.78, 5) is 21.4. The van der Waals surface area contributed by atoms with E-state index in [2.05, 4.69) is 35.5 Å². The molecule has 38 heavy (non-hydrogen) atoms. The van der Waals surface area contributed by atoms with Crippen LogP contribution in [0.25, 0.3) is 0 Å². The third-order valence-electron chi connectivity index (χ3n) is 2.94. The van der Waals surface area contributed by atoms with Crippen LogP contribution >= 0.6 is 11.6 Å². The number of aldehydes is 1. The minimum absolute atomic E-state index is 0. The van der Waals surface area contributed by atoms with Gasteiger partial charge in [-0.05, 0) is 52.0 Å². The molecule has 3 aromatic rings. The summed E-state index contributed by atoms with van der Waals surface area (Å²) in [5.74, 6) is 1.03. The van der Waals surface area contributed by atoms with E-state index in [1.54, 1.807) is 18.2 Å². The molecule has 18 heteroatoms. The molecule has 14 nitrogen and oxygen atoms in total. The van der Waals surface area contributed by atoms with Crippen molar-refractivity contribution in [1.82, 2.24) is 30.6 Å². The van der Waals surface area contributed by atoms with E-state index in [1.165, 1.54) is 0 Å². The molecular weight excluding hydrogens is 645 g/mol. The average molecular weight is 670 g/mol. The van der Waals surface area contributed by atoms with Crippen molar-refractivity contribution in [2.45, 2.75) is 27.7 Å². The van der Waals surface area contributed by atoms with E-state index in [0.717, 1.165) is 11.4 Å². The van der Waals surface area contributed by atoms with Crippen molar-refractivity contribution >= 4 is 39.2 Å². The molecule has 0 saturated heterocycles. The number of hydrogen-bond acceptors (Lipinski definition) is 14. The molecule has 3 aromatic heterocycles. The number of carbonyl (C=O) groups excluding carboxylic acids is 2. The Hall–Kier alpha value is -0.378. The maximum atomic E-state index is 10.1. The van der Waals surface area contributed by atoms with Crippen molar-refractivity contribution in [2.75, 3.05) is 13.2 Å². The molecule has 0 atom stereocenters. The second-order valence-corrected chi connectivity index (χ2v) is 6.22. The molecule has 3 heterocycles. The molecule has 0 N–H and O–H groups in total. The van der Waals surface area contributed by atoms with Gasteiger partial charge in [0, 0.05) is 12.1 Å². The fraction of sp³-hybridized carbons (Fsp3) is 0.300. The largest absolute Gasteiger partial charge is 1.00 e. The second kappa shape index (κ2) is 32.8. The van der Waals surface area contributed by atoms with Gasteiger partial charge in [-0.3, -0.25) is 9.59 Å². The van der Waals surface area contributed by atoms with Crippen molar-refractivity contribution in [2.24, 2.45) is 0 Å². The van der Waals surface area contributed by atoms with E-state index in [4.69, 9.17) is 38.8 Å². The predicted octanol–water partition coefficient (Wildman–Crippen LogP) is -4.75. The van der Waals surface area contributed by atoms with Gasteiger partial charge in [0.05, 0.1) is 24.6 Å². The zero-order valence-electron chi connectivity index (χ0n) is 22.8. The van der Waals surface area contributed by atoms with E-state index < -0.39 is 14.8 Å². The van der Waals surface area contributed by atoms with Gasteiger partial charge in [-0.2, -0.15) is 10.2 Å². The van der Waals surface area contributed by atoms with Crippen LogP contribution in [0.2, 0.25) is 5.15 Å². The molecule has 0 spiro atoms. The van der Waals surface area contributed by atoms with Crippen LogP contribution in [0.3, 0.4) is 0 Å². The minimum Gasteiger partial charge on any atom is -1.00 e. The quantitative estimate of drug-likeness (QED) is 0.105. The summed E-state index contributed by atoms with van der Waals surface area (Å²) in [6, 6.07) is 10.4. The SMILES string of the molecule is CCOc1ccc(C)nn1.CCOc1ccc(C=O)nn1.Cc1ccc(Cl)nn1.O=CO[O-].O=[Se]=O.[H-].[K+].[K+]. The van der Waals surface area contributed by atoms with E-state index in [9.17, 15) is 4.79 Å². The van der Waals surface area contributed by atoms with Crippen LogP contribution in [-0.4, -0.2) is 71.4 Å². The average Bonchev–Trinajstić information content (AvgIpc) is 2.89. The molecule has 0 aliphatic rings. The Labute approximate surface area is 317 Å². The zero-order valence-corrected chi connectivity index (χ0v) is 30.5. The minimum atomic E-state index is -1.62. The summed E-state index contributed by atoms with van der Waals surface area (Å²) in [6.45, 7) is 8.54. The summed E-state index contributed by atoms with van der Waals surface area (Å²) in [5, 5.41) is 31.0. The van der Waals surface area contributed by atoms with Crippen LogP contribution in [0, 0.1) is 13.8 Å². The zero-order chi connectivity index (χ0) is 27.6.